The van der Waals surface area contributed by atoms with Gasteiger partial charge >= 0.3 is 5.69 Å². The van der Waals surface area contributed by atoms with E-state index in [2.05, 4.69) is 20.4 Å². The van der Waals surface area contributed by atoms with Gasteiger partial charge in [-0.15, -0.1) is 0 Å². The number of aromatic amines is 1. The van der Waals surface area contributed by atoms with E-state index >= 15 is 0 Å². The largest absolute Gasteiger partial charge is 0.371 e. The van der Waals surface area contributed by atoms with Gasteiger partial charge in [0.25, 0.3) is 5.91 Å². The zero-order valence-corrected chi connectivity index (χ0v) is 14.7. The van der Waals surface area contributed by atoms with E-state index in [1.807, 2.05) is 24.3 Å². The smallest absolute Gasteiger partial charge is 0.347 e. The number of hydrogen-bond acceptors (Lipinski definition) is 4. The van der Waals surface area contributed by atoms with Crippen molar-refractivity contribution >= 4 is 28.8 Å². The first-order valence-electron chi connectivity index (χ1n) is 8.45. The SMILES string of the molecule is O=C(NCC1CCN(c2ccc(Cl)cc2)C1)c1ccc2n[nH]c(=O)n2c1. The quantitative estimate of drug-likeness (QED) is 0.734. The molecule has 26 heavy (non-hydrogen) atoms. The molecule has 1 amide bonds. The van der Waals surface area contributed by atoms with Crippen molar-refractivity contribution in [1.29, 1.82) is 0 Å². The maximum absolute atomic E-state index is 12.4. The summed E-state index contributed by atoms with van der Waals surface area (Å²) in [6.07, 6.45) is 2.52. The second-order valence-corrected chi connectivity index (χ2v) is 6.90. The van der Waals surface area contributed by atoms with Crippen molar-refractivity contribution in [3.8, 4) is 0 Å². The van der Waals surface area contributed by atoms with Gasteiger partial charge in [0.2, 0.25) is 0 Å². The Balaban J connectivity index is 1.36. The predicted octanol–water partition coefficient (Wildman–Crippen LogP) is 1.93. The van der Waals surface area contributed by atoms with E-state index in [1.165, 1.54) is 10.6 Å². The molecule has 2 aromatic heterocycles. The van der Waals surface area contributed by atoms with Gasteiger partial charge in [-0.2, -0.15) is 5.10 Å². The first kappa shape index (κ1) is 16.7. The number of anilines is 1. The molecule has 1 saturated heterocycles. The third-order valence-electron chi connectivity index (χ3n) is 4.70. The number of hydrogen-bond donors (Lipinski definition) is 2. The number of carbonyl (C=O) groups excluding carboxylic acids is 1. The van der Waals surface area contributed by atoms with Crippen LogP contribution in [0.4, 0.5) is 5.69 Å². The topological polar surface area (TPSA) is 82.5 Å². The molecule has 3 aromatic rings. The normalized spacial score (nSPS) is 17.0. The molecule has 1 aliphatic rings. The van der Waals surface area contributed by atoms with Crippen molar-refractivity contribution < 1.29 is 4.79 Å². The summed E-state index contributed by atoms with van der Waals surface area (Å²) in [5.41, 5.74) is 1.71. The second kappa shape index (κ2) is 6.84. The standard InChI is InChI=1S/C18H18ClN5O2/c19-14-2-4-15(5-3-14)23-8-7-12(10-23)9-20-17(25)13-1-6-16-21-22-18(26)24(16)11-13/h1-6,11-12H,7-10H2,(H,20,25)(H,22,26). The summed E-state index contributed by atoms with van der Waals surface area (Å²) >= 11 is 5.94. The second-order valence-electron chi connectivity index (χ2n) is 6.46. The lowest BCUT2D eigenvalue weighted by Crippen LogP contribution is -2.31. The van der Waals surface area contributed by atoms with Crippen LogP contribution in [0.2, 0.25) is 5.02 Å². The highest BCUT2D eigenvalue weighted by Crippen LogP contribution is 2.24. The molecule has 134 valence electrons. The predicted molar refractivity (Wildman–Crippen MR) is 99.9 cm³/mol. The monoisotopic (exact) mass is 371 g/mol. The number of rotatable bonds is 4. The molecule has 0 saturated carbocycles. The summed E-state index contributed by atoms with van der Waals surface area (Å²) in [5, 5.41) is 9.90. The Morgan fingerprint density at radius 3 is 2.88 bits per heavy atom. The van der Waals surface area contributed by atoms with Crippen molar-refractivity contribution in [2.45, 2.75) is 6.42 Å². The average Bonchev–Trinajstić information content (AvgIpc) is 3.27. The van der Waals surface area contributed by atoms with Gasteiger partial charge in [0, 0.05) is 36.5 Å². The molecule has 3 heterocycles. The molecule has 0 spiro atoms. The number of fused-ring (bicyclic) bond motifs is 1. The molecule has 2 N–H and O–H groups in total. The number of halogens is 1. The molecule has 0 radical (unpaired) electrons. The van der Waals surface area contributed by atoms with E-state index in [0.29, 0.717) is 23.7 Å². The summed E-state index contributed by atoms with van der Waals surface area (Å²) in [4.78, 5) is 26.3. The molecular formula is C18H18ClN5O2. The number of nitrogens with one attached hydrogen (secondary N) is 2. The molecule has 1 aromatic carbocycles. The fraction of sp³-hybridized carbons (Fsp3) is 0.278. The van der Waals surface area contributed by atoms with Gasteiger partial charge in [-0.1, -0.05) is 11.6 Å². The van der Waals surface area contributed by atoms with Crippen molar-refractivity contribution in [3.63, 3.8) is 0 Å². The first-order valence-corrected chi connectivity index (χ1v) is 8.83. The molecular weight excluding hydrogens is 354 g/mol. The van der Waals surface area contributed by atoms with Crippen molar-refractivity contribution in [2.75, 3.05) is 24.5 Å². The number of pyridine rings is 1. The number of benzene rings is 1. The van der Waals surface area contributed by atoms with E-state index in [4.69, 9.17) is 11.6 Å². The Hall–Kier alpha value is -2.80. The average molecular weight is 372 g/mol. The van der Waals surface area contributed by atoms with Crippen LogP contribution in [-0.2, 0) is 0 Å². The van der Waals surface area contributed by atoms with Crippen LogP contribution >= 0.6 is 11.6 Å². The van der Waals surface area contributed by atoms with Crippen LogP contribution in [0.5, 0.6) is 0 Å². The molecule has 0 bridgehead atoms. The van der Waals surface area contributed by atoms with Crippen molar-refractivity contribution in [1.82, 2.24) is 19.9 Å². The summed E-state index contributed by atoms with van der Waals surface area (Å²) < 4.78 is 1.33. The molecule has 1 aliphatic heterocycles. The first-order chi connectivity index (χ1) is 12.6. The maximum Gasteiger partial charge on any atom is 0.347 e. The minimum atomic E-state index is -0.357. The van der Waals surface area contributed by atoms with Crippen LogP contribution in [0.3, 0.4) is 0 Å². The maximum atomic E-state index is 12.4. The van der Waals surface area contributed by atoms with Crippen LogP contribution in [0.15, 0.2) is 47.4 Å². The van der Waals surface area contributed by atoms with Crippen molar-refractivity contribution in [3.05, 3.63) is 63.7 Å². The van der Waals surface area contributed by atoms with Crippen LogP contribution in [0, 0.1) is 5.92 Å². The molecule has 1 atom stereocenters. The highest BCUT2D eigenvalue weighted by molar-refractivity contribution is 6.30. The summed E-state index contributed by atoms with van der Waals surface area (Å²) in [5.74, 6) is 0.194. The van der Waals surface area contributed by atoms with E-state index in [1.54, 1.807) is 12.1 Å². The van der Waals surface area contributed by atoms with E-state index < -0.39 is 0 Å². The fourth-order valence-electron chi connectivity index (χ4n) is 3.26. The third-order valence-corrected chi connectivity index (χ3v) is 4.95. The number of aromatic nitrogens is 3. The van der Waals surface area contributed by atoms with E-state index in [0.717, 1.165) is 30.2 Å². The van der Waals surface area contributed by atoms with Crippen LogP contribution in [0.1, 0.15) is 16.8 Å². The molecule has 1 unspecified atom stereocenters. The zero-order chi connectivity index (χ0) is 18.1. The van der Waals surface area contributed by atoms with E-state index in [9.17, 15) is 9.59 Å². The van der Waals surface area contributed by atoms with Crippen LogP contribution in [-0.4, -0.2) is 40.1 Å². The summed E-state index contributed by atoms with van der Waals surface area (Å²) in [7, 11) is 0. The number of nitrogens with zero attached hydrogens (tertiary/aromatic N) is 3. The number of H-pyrrole nitrogens is 1. The van der Waals surface area contributed by atoms with Gasteiger partial charge in [-0.25, -0.2) is 14.3 Å². The highest BCUT2D eigenvalue weighted by Gasteiger charge is 2.23. The molecule has 0 aliphatic carbocycles. The van der Waals surface area contributed by atoms with Gasteiger partial charge in [-0.05, 0) is 48.7 Å². The lowest BCUT2D eigenvalue weighted by Gasteiger charge is -2.19. The Bertz CT molecular complexity index is 995. The van der Waals surface area contributed by atoms with Crippen LogP contribution in [0.25, 0.3) is 5.65 Å². The molecule has 7 nitrogen and oxygen atoms in total. The van der Waals surface area contributed by atoms with Crippen LogP contribution < -0.4 is 15.9 Å². The summed E-state index contributed by atoms with van der Waals surface area (Å²) in [6, 6.07) is 11.1. The third kappa shape index (κ3) is 3.30. The van der Waals surface area contributed by atoms with Gasteiger partial charge in [-0.3, -0.25) is 4.79 Å². The molecule has 8 heteroatoms. The fourth-order valence-corrected chi connectivity index (χ4v) is 3.39. The Morgan fingerprint density at radius 2 is 2.08 bits per heavy atom. The minimum absolute atomic E-state index is 0.190. The Morgan fingerprint density at radius 1 is 1.27 bits per heavy atom. The lowest BCUT2D eigenvalue weighted by atomic mass is 10.1. The van der Waals surface area contributed by atoms with Crippen molar-refractivity contribution in [2.24, 2.45) is 5.92 Å². The lowest BCUT2D eigenvalue weighted by molar-refractivity contribution is 0.0948. The number of amides is 1. The molecule has 4 rings (SSSR count). The number of carbonyl (C=O) groups is 1. The van der Waals surface area contributed by atoms with Gasteiger partial charge in [0.1, 0.15) is 0 Å². The van der Waals surface area contributed by atoms with Gasteiger partial charge < -0.3 is 10.2 Å². The molecule has 1 fully saturated rings. The summed E-state index contributed by atoms with van der Waals surface area (Å²) in [6.45, 7) is 2.45. The minimum Gasteiger partial charge on any atom is -0.371 e. The van der Waals surface area contributed by atoms with Gasteiger partial charge in [0.15, 0.2) is 5.65 Å². The zero-order valence-electron chi connectivity index (χ0n) is 14.0. The van der Waals surface area contributed by atoms with E-state index in [-0.39, 0.29) is 11.6 Å². The highest BCUT2D eigenvalue weighted by atomic mass is 35.5. The Kier molecular flexibility index (Phi) is 4.38. The Labute approximate surface area is 154 Å². The van der Waals surface area contributed by atoms with Gasteiger partial charge in [0.05, 0.1) is 5.56 Å².